The standard InChI is InChI=1S/C26H31N3O6/c1-7-14-35-18-10-8-17(9-11-18)22-20(24(31)25(32)29(22)13-12-28(4)5)23(30)19-15(2)21(26(33)34-6)27-16(19)3/h7-11,22,27,30H,1,12-14H2,2-6H3/t22-/m0/s1. The molecule has 2 N–H and O–H groups in total. The number of carbonyl (C=O) groups is 3. The number of ether oxygens (including phenoxy) is 2. The number of ketones is 1. The zero-order chi connectivity index (χ0) is 25.9. The molecule has 2 heterocycles. The van der Waals surface area contributed by atoms with Gasteiger partial charge in [-0.3, -0.25) is 9.59 Å². The van der Waals surface area contributed by atoms with Crippen molar-refractivity contribution in [1.82, 2.24) is 14.8 Å². The molecule has 9 heteroatoms. The summed E-state index contributed by atoms with van der Waals surface area (Å²) in [7, 11) is 5.01. The number of likely N-dealkylation sites (tertiary alicyclic amines) is 1. The van der Waals surface area contributed by atoms with Gasteiger partial charge in [-0.2, -0.15) is 0 Å². The number of methoxy groups -OCH3 is 1. The number of nitrogens with one attached hydrogen (secondary N) is 1. The van der Waals surface area contributed by atoms with E-state index in [1.165, 1.54) is 12.0 Å². The molecule has 1 amide bonds. The van der Waals surface area contributed by atoms with E-state index < -0.39 is 23.7 Å². The lowest BCUT2D eigenvalue weighted by atomic mass is 9.94. The normalized spacial score (nSPS) is 17.2. The molecule has 0 bridgehead atoms. The van der Waals surface area contributed by atoms with Gasteiger partial charge in [0.2, 0.25) is 0 Å². The van der Waals surface area contributed by atoms with Gasteiger partial charge in [0.25, 0.3) is 11.7 Å². The van der Waals surface area contributed by atoms with E-state index in [4.69, 9.17) is 9.47 Å². The van der Waals surface area contributed by atoms with Crippen LogP contribution in [0.1, 0.15) is 38.9 Å². The molecule has 35 heavy (non-hydrogen) atoms. The Morgan fingerprint density at radius 3 is 2.46 bits per heavy atom. The number of amides is 1. The Balaban J connectivity index is 2.17. The molecule has 3 rings (SSSR count). The third-order valence-corrected chi connectivity index (χ3v) is 5.96. The van der Waals surface area contributed by atoms with Crippen molar-refractivity contribution >= 4 is 23.4 Å². The van der Waals surface area contributed by atoms with Crippen molar-refractivity contribution in [2.45, 2.75) is 19.9 Å². The van der Waals surface area contributed by atoms with E-state index in [-0.39, 0.29) is 23.6 Å². The molecule has 1 fully saturated rings. The van der Waals surface area contributed by atoms with Crippen LogP contribution in [0.2, 0.25) is 0 Å². The zero-order valence-electron chi connectivity index (χ0n) is 20.7. The fourth-order valence-electron chi connectivity index (χ4n) is 4.21. The van der Waals surface area contributed by atoms with Gasteiger partial charge in [0.15, 0.2) is 0 Å². The fraction of sp³-hybridized carbons (Fsp3) is 0.346. The number of benzene rings is 1. The number of hydrogen-bond acceptors (Lipinski definition) is 7. The van der Waals surface area contributed by atoms with Crippen molar-refractivity contribution < 1.29 is 29.0 Å². The summed E-state index contributed by atoms with van der Waals surface area (Å²) in [5.41, 5.74) is 2.00. The van der Waals surface area contributed by atoms with Gasteiger partial charge in [0, 0.05) is 24.3 Å². The van der Waals surface area contributed by atoms with Crippen LogP contribution in [0.5, 0.6) is 5.75 Å². The highest BCUT2D eigenvalue weighted by atomic mass is 16.5. The predicted octanol–water partition coefficient (Wildman–Crippen LogP) is 2.97. The lowest BCUT2D eigenvalue weighted by molar-refractivity contribution is -0.140. The van der Waals surface area contributed by atoms with Crippen LogP contribution in [0.3, 0.4) is 0 Å². The minimum absolute atomic E-state index is 0.0323. The number of aryl methyl sites for hydroxylation is 1. The van der Waals surface area contributed by atoms with Gasteiger partial charge in [-0.25, -0.2) is 4.79 Å². The molecule has 0 unspecified atom stereocenters. The summed E-state index contributed by atoms with van der Waals surface area (Å²) < 4.78 is 10.4. The molecule has 1 saturated heterocycles. The first-order valence-electron chi connectivity index (χ1n) is 11.2. The van der Waals surface area contributed by atoms with Gasteiger partial charge in [0.05, 0.1) is 18.7 Å². The van der Waals surface area contributed by atoms with E-state index in [0.717, 1.165) is 0 Å². The monoisotopic (exact) mass is 481 g/mol. The third-order valence-electron chi connectivity index (χ3n) is 5.96. The number of esters is 1. The quantitative estimate of drug-likeness (QED) is 0.186. The number of rotatable bonds is 9. The van der Waals surface area contributed by atoms with E-state index in [2.05, 4.69) is 11.6 Å². The van der Waals surface area contributed by atoms with Gasteiger partial charge in [0.1, 0.15) is 23.8 Å². The SMILES string of the molecule is C=CCOc1ccc([C@H]2C(=C(O)c3c(C)[nH]c(C(=O)OC)c3C)C(=O)C(=O)N2CCN(C)C)cc1. The van der Waals surface area contributed by atoms with Crippen LogP contribution in [0.4, 0.5) is 0 Å². The Morgan fingerprint density at radius 1 is 1.23 bits per heavy atom. The number of H-pyrrole nitrogens is 1. The second-order valence-corrected chi connectivity index (χ2v) is 8.58. The molecule has 0 saturated carbocycles. The van der Waals surface area contributed by atoms with Crippen LogP contribution in [0, 0.1) is 13.8 Å². The molecule has 0 radical (unpaired) electrons. The summed E-state index contributed by atoms with van der Waals surface area (Å²) in [6.45, 7) is 8.11. The first kappa shape index (κ1) is 25.8. The fourth-order valence-corrected chi connectivity index (χ4v) is 4.21. The van der Waals surface area contributed by atoms with E-state index in [0.29, 0.717) is 41.3 Å². The van der Waals surface area contributed by atoms with E-state index in [9.17, 15) is 19.5 Å². The lowest BCUT2D eigenvalue weighted by Crippen LogP contribution is -2.35. The lowest BCUT2D eigenvalue weighted by Gasteiger charge is -2.26. The van der Waals surface area contributed by atoms with Crippen LogP contribution in [-0.4, -0.2) is 78.5 Å². The minimum atomic E-state index is -0.807. The molecule has 1 aliphatic heterocycles. The number of Topliss-reactive ketones (excluding diaryl/α,β-unsaturated/α-hetero) is 1. The van der Waals surface area contributed by atoms with Gasteiger partial charge in [-0.05, 0) is 51.2 Å². The highest BCUT2D eigenvalue weighted by molar-refractivity contribution is 6.46. The molecule has 0 spiro atoms. The number of aliphatic hydroxyl groups is 1. The van der Waals surface area contributed by atoms with Crippen molar-refractivity contribution in [1.29, 1.82) is 0 Å². The van der Waals surface area contributed by atoms with Crippen LogP contribution in [0.25, 0.3) is 5.76 Å². The summed E-state index contributed by atoms with van der Waals surface area (Å²) in [6, 6.07) is 6.21. The number of hydrogen-bond donors (Lipinski definition) is 2. The summed E-state index contributed by atoms with van der Waals surface area (Å²) in [4.78, 5) is 44.7. The molecule has 9 nitrogen and oxygen atoms in total. The minimum Gasteiger partial charge on any atom is -0.507 e. The van der Waals surface area contributed by atoms with E-state index in [1.807, 2.05) is 19.0 Å². The summed E-state index contributed by atoms with van der Waals surface area (Å²) in [6.07, 6.45) is 1.63. The first-order chi connectivity index (χ1) is 16.6. The molecule has 1 atom stereocenters. The Morgan fingerprint density at radius 2 is 1.89 bits per heavy atom. The van der Waals surface area contributed by atoms with Crippen molar-refractivity contribution in [3.05, 3.63) is 70.6 Å². The summed E-state index contributed by atoms with van der Waals surface area (Å²) >= 11 is 0. The number of likely N-dealkylation sites (N-methyl/N-ethyl adjacent to an activating group) is 1. The second kappa shape index (κ2) is 10.6. The highest BCUT2D eigenvalue weighted by Gasteiger charge is 2.46. The average Bonchev–Trinajstić information content (AvgIpc) is 3.27. The van der Waals surface area contributed by atoms with Crippen LogP contribution >= 0.6 is 0 Å². The van der Waals surface area contributed by atoms with Crippen LogP contribution in [-0.2, 0) is 14.3 Å². The molecule has 186 valence electrons. The van der Waals surface area contributed by atoms with Gasteiger partial charge < -0.3 is 29.4 Å². The van der Waals surface area contributed by atoms with Crippen molar-refractivity contribution in [3.8, 4) is 5.75 Å². The third kappa shape index (κ3) is 5.00. The number of aromatic nitrogens is 1. The van der Waals surface area contributed by atoms with Gasteiger partial charge in [-0.15, -0.1) is 0 Å². The number of nitrogens with zero attached hydrogens (tertiary/aromatic N) is 2. The smallest absolute Gasteiger partial charge is 0.354 e. The van der Waals surface area contributed by atoms with E-state index in [1.54, 1.807) is 44.2 Å². The maximum atomic E-state index is 13.2. The Labute approximate surface area is 204 Å². The Bertz CT molecular complexity index is 1180. The Hall–Kier alpha value is -3.85. The molecule has 0 aliphatic carbocycles. The maximum absolute atomic E-state index is 13.2. The van der Waals surface area contributed by atoms with Crippen molar-refractivity contribution in [3.63, 3.8) is 0 Å². The largest absolute Gasteiger partial charge is 0.507 e. The molecule has 2 aromatic rings. The van der Waals surface area contributed by atoms with Crippen LogP contribution < -0.4 is 4.74 Å². The maximum Gasteiger partial charge on any atom is 0.354 e. The molecule has 1 aliphatic rings. The number of aliphatic hydroxyl groups excluding tert-OH is 1. The first-order valence-corrected chi connectivity index (χ1v) is 11.2. The highest BCUT2D eigenvalue weighted by Crippen LogP contribution is 2.41. The number of aromatic amines is 1. The van der Waals surface area contributed by atoms with Gasteiger partial charge >= 0.3 is 5.97 Å². The van der Waals surface area contributed by atoms with Crippen LogP contribution in [0.15, 0.2) is 42.5 Å². The topological polar surface area (TPSA) is 112 Å². The molecular formula is C26H31N3O6. The average molecular weight is 482 g/mol. The summed E-state index contributed by atoms with van der Waals surface area (Å²) in [5.74, 6) is -1.79. The van der Waals surface area contributed by atoms with Crippen molar-refractivity contribution in [2.75, 3.05) is 40.9 Å². The van der Waals surface area contributed by atoms with E-state index >= 15 is 0 Å². The zero-order valence-corrected chi connectivity index (χ0v) is 20.7. The molecule has 1 aromatic carbocycles. The molecule has 1 aromatic heterocycles. The molecular weight excluding hydrogens is 450 g/mol. The summed E-state index contributed by atoms with van der Waals surface area (Å²) in [5, 5.41) is 11.4. The second-order valence-electron chi connectivity index (χ2n) is 8.58. The van der Waals surface area contributed by atoms with Crippen molar-refractivity contribution in [2.24, 2.45) is 0 Å². The van der Waals surface area contributed by atoms with Gasteiger partial charge in [-0.1, -0.05) is 24.8 Å². The number of carbonyl (C=O) groups excluding carboxylic acids is 3. The Kier molecular flexibility index (Phi) is 7.81. The predicted molar refractivity (Wildman–Crippen MR) is 131 cm³/mol.